The molecular weight excluding hydrogens is 481 g/mol. The molecule has 3 aromatic heterocycles. The van der Waals surface area contributed by atoms with Crippen LogP contribution in [-0.2, 0) is 15.8 Å². The van der Waals surface area contributed by atoms with Gasteiger partial charge in [0.25, 0.3) is 0 Å². The molecule has 35 heavy (non-hydrogen) atoms. The molecule has 184 valence electrons. The first-order valence-electron chi connectivity index (χ1n) is 10.4. The monoisotopic (exact) mass is 504 g/mol. The van der Waals surface area contributed by atoms with Gasteiger partial charge in [-0.1, -0.05) is 17.4 Å². The van der Waals surface area contributed by atoms with Gasteiger partial charge in [-0.2, -0.15) is 13.2 Å². The fourth-order valence-electron chi connectivity index (χ4n) is 2.86. The Morgan fingerprint density at radius 3 is 2.49 bits per heavy atom. The number of carbonyl (C=O) groups is 2. The molecule has 12 heteroatoms. The number of nitrogens with one attached hydrogen (secondary N) is 2. The zero-order chi connectivity index (χ0) is 25.6. The average Bonchev–Trinajstić information content (AvgIpc) is 3.28. The summed E-state index contributed by atoms with van der Waals surface area (Å²) in [6, 6.07) is 5.15. The number of rotatable bonds is 8. The summed E-state index contributed by atoms with van der Waals surface area (Å²) in [5.74, 6) is -1.11. The fourth-order valence-corrected chi connectivity index (χ4v) is 3.54. The standard InChI is InChI=1S/C23H23F3N6O2S/c1-14(21(34)31-22-29-13-18(35-22)23(24,25)26)16-9-17(11-27-10-16)15-6-7-19(28-12-15)30-20(33)5-4-8-32(2)3/h4-7,9-14H,8H2,1-3H3,(H,28,30,33)(H,29,31,34)/b5-4+. The van der Waals surface area contributed by atoms with Crippen LogP contribution in [0.25, 0.3) is 11.1 Å². The first kappa shape index (κ1) is 26.0. The van der Waals surface area contributed by atoms with E-state index in [0.717, 1.165) is 0 Å². The maximum atomic E-state index is 12.7. The molecule has 1 atom stereocenters. The minimum atomic E-state index is -4.51. The minimum Gasteiger partial charge on any atom is -0.307 e. The van der Waals surface area contributed by atoms with E-state index in [2.05, 4.69) is 25.6 Å². The highest BCUT2D eigenvalue weighted by atomic mass is 32.1. The van der Waals surface area contributed by atoms with E-state index in [0.29, 0.717) is 46.6 Å². The predicted molar refractivity (Wildman–Crippen MR) is 128 cm³/mol. The Morgan fingerprint density at radius 1 is 1.09 bits per heavy atom. The lowest BCUT2D eigenvalue weighted by Gasteiger charge is -2.12. The average molecular weight is 505 g/mol. The first-order valence-corrected chi connectivity index (χ1v) is 11.2. The van der Waals surface area contributed by atoms with Gasteiger partial charge < -0.3 is 15.5 Å². The summed E-state index contributed by atoms with van der Waals surface area (Å²) in [5.41, 5.74) is 1.96. The Morgan fingerprint density at radius 2 is 1.86 bits per heavy atom. The largest absolute Gasteiger partial charge is 0.427 e. The van der Waals surface area contributed by atoms with E-state index >= 15 is 0 Å². The molecule has 1 unspecified atom stereocenters. The van der Waals surface area contributed by atoms with E-state index in [-0.39, 0.29) is 11.0 Å². The van der Waals surface area contributed by atoms with E-state index in [1.807, 2.05) is 19.0 Å². The summed E-state index contributed by atoms with van der Waals surface area (Å²) < 4.78 is 38.2. The smallest absolute Gasteiger partial charge is 0.307 e. The van der Waals surface area contributed by atoms with Crippen LogP contribution >= 0.6 is 11.3 Å². The first-order chi connectivity index (χ1) is 16.5. The van der Waals surface area contributed by atoms with Gasteiger partial charge in [0, 0.05) is 42.3 Å². The van der Waals surface area contributed by atoms with Crippen LogP contribution in [-0.4, -0.2) is 52.3 Å². The molecule has 0 fully saturated rings. The molecule has 0 aromatic carbocycles. The summed E-state index contributed by atoms with van der Waals surface area (Å²) in [6.07, 6.45) is 4.03. The number of anilines is 2. The van der Waals surface area contributed by atoms with Crippen molar-refractivity contribution in [1.29, 1.82) is 0 Å². The topological polar surface area (TPSA) is 100 Å². The van der Waals surface area contributed by atoms with Crippen molar-refractivity contribution in [3.63, 3.8) is 0 Å². The zero-order valence-corrected chi connectivity index (χ0v) is 19.9. The Bertz CT molecular complexity index is 1210. The van der Waals surface area contributed by atoms with Crippen LogP contribution in [0.4, 0.5) is 24.1 Å². The summed E-state index contributed by atoms with van der Waals surface area (Å²) in [5, 5.41) is 4.96. The molecule has 2 N–H and O–H groups in total. The lowest BCUT2D eigenvalue weighted by molar-refractivity contribution is -0.134. The van der Waals surface area contributed by atoms with Crippen molar-refractivity contribution in [3.8, 4) is 11.1 Å². The highest BCUT2D eigenvalue weighted by Gasteiger charge is 2.33. The van der Waals surface area contributed by atoms with Gasteiger partial charge in [-0.25, -0.2) is 9.97 Å². The van der Waals surface area contributed by atoms with Gasteiger partial charge in [0.1, 0.15) is 10.7 Å². The molecule has 0 aliphatic rings. The predicted octanol–water partition coefficient (Wildman–Crippen LogP) is 4.42. The van der Waals surface area contributed by atoms with Gasteiger partial charge in [0.05, 0.1) is 12.1 Å². The second-order valence-corrected chi connectivity index (χ2v) is 8.86. The van der Waals surface area contributed by atoms with Crippen LogP contribution in [0.5, 0.6) is 0 Å². The normalized spacial score (nSPS) is 12.7. The summed E-state index contributed by atoms with van der Waals surface area (Å²) >= 11 is 0.363. The summed E-state index contributed by atoms with van der Waals surface area (Å²) in [4.78, 5) is 37.6. The fraction of sp³-hybridized carbons (Fsp3) is 0.261. The third-order valence-electron chi connectivity index (χ3n) is 4.76. The minimum absolute atomic E-state index is 0.128. The maximum absolute atomic E-state index is 12.7. The zero-order valence-electron chi connectivity index (χ0n) is 19.1. The van der Waals surface area contributed by atoms with Crippen molar-refractivity contribution in [1.82, 2.24) is 19.9 Å². The molecule has 2 amide bonds. The summed E-state index contributed by atoms with van der Waals surface area (Å²) in [6.45, 7) is 2.26. The number of likely N-dealkylation sites (N-methyl/N-ethyl adjacent to an activating group) is 1. The van der Waals surface area contributed by atoms with E-state index in [9.17, 15) is 22.8 Å². The number of amides is 2. The summed E-state index contributed by atoms with van der Waals surface area (Å²) in [7, 11) is 3.79. The quantitative estimate of drug-likeness (QED) is 0.441. The molecule has 0 aliphatic heterocycles. The van der Waals surface area contributed by atoms with Gasteiger partial charge in [-0.3, -0.25) is 14.6 Å². The van der Waals surface area contributed by atoms with Crippen molar-refractivity contribution in [2.75, 3.05) is 31.3 Å². The molecule has 3 heterocycles. The van der Waals surface area contributed by atoms with Crippen LogP contribution in [0.1, 0.15) is 23.3 Å². The molecule has 3 aromatic rings. The Hall–Kier alpha value is -3.64. The van der Waals surface area contributed by atoms with Gasteiger partial charge >= 0.3 is 6.18 Å². The van der Waals surface area contributed by atoms with E-state index in [1.165, 1.54) is 12.3 Å². The number of nitrogens with zero attached hydrogens (tertiary/aromatic N) is 4. The van der Waals surface area contributed by atoms with Crippen molar-refractivity contribution in [2.24, 2.45) is 0 Å². The lowest BCUT2D eigenvalue weighted by Crippen LogP contribution is -2.18. The Labute approximate surface area is 203 Å². The third kappa shape index (κ3) is 7.42. The van der Waals surface area contributed by atoms with Gasteiger partial charge in [0.15, 0.2) is 5.13 Å². The SMILES string of the molecule is CC(C(=O)Nc1ncc(C(F)(F)F)s1)c1cncc(-c2ccc(NC(=O)/C=C/CN(C)C)nc2)c1. The highest BCUT2D eigenvalue weighted by Crippen LogP contribution is 2.35. The van der Waals surface area contributed by atoms with Gasteiger partial charge in [0.2, 0.25) is 11.8 Å². The maximum Gasteiger partial charge on any atom is 0.427 e. The van der Waals surface area contributed by atoms with Crippen LogP contribution < -0.4 is 10.6 Å². The van der Waals surface area contributed by atoms with E-state index in [1.54, 1.807) is 43.6 Å². The Balaban J connectivity index is 1.65. The molecule has 0 bridgehead atoms. The van der Waals surface area contributed by atoms with Gasteiger partial charge in [-0.05, 0) is 44.8 Å². The van der Waals surface area contributed by atoms with Crippen LogP contribution in [0.3, 0.4) is 0 Å². The third-order valence-corrected chi connectivity index (χ3v) is 5.71. The van der Waals surface area contributed by atoms with Crippen LogP contribution in [0, 0.1) is 0 Å². The number of pyridine rings is 2. The second kappa shape index (κ2) is 11.2. The number of hydrogen-bond donors (Lipinski definition) is 2. The lowest BCUT2D eigenvalue weighted by atomic mass is 9.99. The number of aromatic nitrogens is 3. The molecule has 0 aliphatic carbocycles. The number of alkyl halides is 3. The number of carbonyl (C=O) groups excluding carboxylic acids is 2. The molecular formula is C23H23F3N6O2S. The Kier molecular flexibility index (Phi) is 8.30. The molecule has 0 radical (unpaired) electrons. The van der Waals surface area contributed by atoms with E-state index in [4.69, 9.17) is 0 Å². The number of halogens is 3. The number of thiazole rings is 1. The van der Waals surface area contributed by atoms with Gasteiger partial charge in [-0.15, -0.1) is 0 Å². The molecule has 0 saturated heterocycles. The van der Waals surface area contributed by atoms with Crippen LogP contribution in [0.15, 0.2) is 55.1 Å². The van der Waals surface area contributed by atoms with Crippen molar-refractivity contribution < 1.29 is 22.8 Å². The molecule has 0 spiro atoms. The second-order valence-electron chi connectivity index (χ2n) is 7.83. The van der Waals surface area contributed by atoms with Crippen LogP contribution in [0.2, 0.25) is 0 Å². The molecule has 3 rings (SSSR count). The van der Waals surface area contributed by atoms with Crippen molar-refractivity contribution in [3.05, 3.63) is 65.6 Å². The highest BCUT2D eigenvalue weighted by molar-refractivity contribution is 7.15. The molecule has 0 saturated carbocycles. The van der Waals surface area contributed by atoms with Crippen molar-refractivity contribution in [2.45, 2.75) is 19.0 Å². The number of hydrogen-bond acceptors (Lipinski definition) is 7. The van der Waals surface area contributed by atoms with Crippen molar-refractivity contribution >= 4 is 34.1 Å². The molecule has 8 nitrogen and oxygen atoms in total. The van der Waals surface area contributed by atoms with E-state index < -0.39 is 22.9 Å².